The number of rotatable bonds is 10. The number of aromatic nitrogens is 2. The summed E-state index contributed by atoms with van der Waals surface area (Å²) in [6, 6.07) is 14.0. The molecule has 1 saturated carbocycles. The lowest BCUT2D eigenvalue weighted by molar-refractivity contribution is -0.125. The van der Waals surface area contributed by atoms with E-state index >= 15 is 0 Å². The average Bonchev–Trinajstić information content (AvgIpc) is 3.19. The lowest BCUT2D eigenvalue weighted by atomic mass is 9.89. The summed E-state index contributed by atoms with van der Waals surface area (Å²) in [6.07, 6.45) is 8.34. The molecule has 0 bridgehead atoms. The number of fused-ring (bicyclic) bond motifs is 1. The third-order valence-corrected chi connectivity index (χ3v) is 6.93. The van der Waals surface area contributed by atoms with Crippen molar-refractivity contribution in [2.24, 2.45) is 5.92 Å². The Bertz CT molecular complexity index is 1070. The number of hydrogen-bond donors (Lipinski definition) is 1. The quantitative estimate of drug-likeness (QED) is 0.367. The summed E-state index contributed by atoms with van der Waals surface area (Å²) in [6.45, 7) is 4.16. The van der Waals surface area contributed by atoms with Gasteiger partial charge in [-0.05, 0) is 68.5 Å². The van der Waals surface area contributed by atoms with Gasteiger partial charge in [0.1, 0.15) is 11.6 Å². The van der Waals surface area contributed by atoms with Crippen LogP contribution in [0.3, 0.4) is 0 Å². The number of aryl methyl sites for hydroxylation is 3. The minimum Gasteiger partial charge on any atom is -0.494 e. The molecule has 1 amide bonds. The van der Waals surface area contributed by atoms with Crippen LogP contribution in [0.5, 0.6) is 5.75 Å². The van der Waals surface area contributed by atoms with Gasteiger partial charge in [0.2, 0.25) is 5.91 Å². The molecule has 5 nitrogen and oxygen atoms in total. The van der Waals surface area contributed by atoms with Gasteiger partial charge in [-0.25, -0.2) is 4.98 Å². The molecule has 0 radical (unpaired) electrons. The van der Waals surface area contributed by atoms with Crippen molar-refractivity contribution in [1.29, 1.82) is 0 Å². The first-order valence-electron chi connectivity index (χ1n) is 12.2. The van der Waals surface area contributed by atoms with Gasteiger partial charge in [0, 0.05) is 30.5 Å². The van der Waals surface area contributed by atoms with Gasteiger partial charge in [-0.15, -0.1) is 0 Å². The van der Waals surface area contributed by atoms with Crippen LogP contribution in [0.4, 0.5) is 0 Å². The van der Waals surface area contributed by atoms with E-state index < -0.39 is 0 Å². The molecule has 0 atom stereocenters. The van der Waals surface area contributed by atoms with Crippen LogP contribution in [0.1, 0.15) is 56.3 Å². The van der Waals surface area contributed by atoms with E-state index in [1.807, 2.05) is 31.2 Å². The third-order valence-electron chi connectivity index (χ3n) is 6.51. The van der Waals surface area contributed by atoms with E-state index in [1.165, 1.54) is 19.3 Å². The predicted molar refractivity (Wildman–Crippen MR) is 134 cm³/mol. The minimum atomic E-state index is 0.216. The molecule has 1 fully saturated rings. The monoisotopic (exact) mass is 467 g/mol. The number of hydrogen-bond acceptors (Lipinski definition) is 3. The van der Waals surface area contributed by atoms with Crippen LogP contribution >= 0.6 is 11.6 Å². The fourth-order valence-corrected chi connectivity index (χ4v) is 4.77. The molecule has 6 heteroatoms. The first-order valence-corrected chi connectivity index (χ1v) is 12.6. The van der Waals surface area contributed by atoms with Gasteiger partial charge < -0.3 is 14.6 Å². The zero-order chi connectivity index (χ0) is 23.0. The SMILES string of the molecule is Cc1cc(OCCCn2c(CCCNC(=O)C3CCCCC3)nc3ccccc32)ccc1Cl. The van der Waals surface area contributed by atoms with Gasteiger partial charge in [0.25, 0.3) is 0 Å². The Labute approximate surface area is 201 Å². The number of ether oxygens (including phenoxy) is 1. The van der Waals surface area contributed by atoms with Crippen molar-refractivity contribution in [3.63, 3.8) is 0 Å². The second-order valence-corrected chi connectivity index (χ2v) is 9.42. The number of carbonyl (C=O) groups is 1. The Morgan fingerprint density at radius 3 is 2.79 bits per heavy atom. The highest BCUT2D eigenvalue weighted by Gasteiger charge is 2.20. The van der Waals surface area contributed by atoms with Gasteiger partial charge in [0.15, 0.2) is 0 Å². The highest BCUT2D eigenvalue weighted by Crippen LogP contribution is 2.24. The molecule has 3 aromatic rings. The molecule has 0 unspecified atom stereocenters. The van der Waals surface area contributed by atoms with Crippen molar-refractivity contribution in [2.75, 3.05) is 13.2 Å². The van der Waals surface area contributed by atoms with Crippen LogP contribution in [-0.4, -0.2) is 28.6 Å². The van der Waals surface area contributed by atoms with Gasteiger partial charge in [-0.3, -0.25) is 4.79 Å². The summed E-state index contributed by atoms with van der Waals surface area (Å²) in [4.78, 5) is 17.3. The van der Waals surface area contributed by atoms with E-state index in [-0.39, 0.29) is 11.8 Å². The molecule has 2 aromatic carbocycles. The summed E-state index contributed by atoms with van der Waals surface area (Å²) < 4.78 is 8.24. The molecule has 0 aliphatic heterocycles. The molecule has 1 N–H and O–H groups in total. The largest absolute Gasteiger partial charge is 0.494 e. The molecule has 33 heavy (non-hydrogen) atoms. The van der Waals surface area contributed by atoms with Crippen LogP contribution in [-0.2, 0) is 17.8 Å². The highest BCUT2D eigenvalue weighted by molar-refractivity contribution is 6.31. The summed E-state index contributed by atoms with van der Waals surface area (Å²) in [5, 5.41) is 3.91. The molecular formula is C27H34ClN3O2. The van der Waals surface area contributed by atoms with Crippen LogP contribution in [0, 0.1) is 12.8 Å². The second-order valence-electron chi connectivity index (χ2n) is 9.01. The average molecular weight is 468 g/mol. The Balaban J connectivity index is 1.30. The van der Waals surface area contributed by atoms with E-state index in [0.717, 1.165) is 71.8 Å². The molecular weight excluding hydrogens is 434 g/mol. The summed E-state index contributed by atoms with van der Waals surface area (Å²) in [7, 11) is 0. The molecule has 1 heterocycles. The number of carbonyl (C=O) groups excluding carboxylic acids is 1. The highest BCUT2D eigenvalue weighted by atomic mass is 35.5. The number of imidazole rings is 1. The lowest BCUT2D eigenvalue weighted by Gasteiger charge is -2.20. The van der Waals surface area contributed by atoms with Crippen molar-refractivity contribution in [3.8, 4) is 5.75 Å². The van der Waals surface area contributed by atoms with E-state index in [4.69, 9.17) is 21.3 Å². The topological polar surface area (TPSA) is 56.1 Å². The van der Waals surface area contributed by atoms with Gasteiger partial charge in [0.05, 0.1) is 17.6 Å². The molecule has 176 valence electrons. The van der Waals surface area contributed by atoms with E-state index in [0.29, 0.717) is 13.2 Å². The van der Waals surface area contributed by atoms with Gasteiger partial charge in [-0.2, -0.15) is 0 Å². The Hall–Kier alpha value is -2.53. The fraction of sp³-hybridized carbons (Fsp3) is 0.481. The smallest absolute Gasteiger partial charge is 0.223 e. The van der Waals surface area contributed by atoms with Crippen LogP contribution in [0.15, 0.2) is 42.5 Å². The third kappa shape index (κ3) is 6.29. The maximum atomic E-state index is 12.4. The van der Waals surface area contributed by atoms with Crippen molar-refractivity contribution in [2.45, 2.75) is 64.8 Å². The van der Waals surface area contributed by atoms with Crippen LogP contribution in [0.2, 0.25) is 5.02 Å². The standard InChI is InChI=1S/C27H34ClN3O2/c1-20-19-22(14-15-23(20)28)33-18-8-17-31-25-12-6-5-11-24(25)30-26(31)13-7-16-29-27(32)21-9-3-2-4-10-21/h5-6,11-12,14-15,19,21H,2-4,7-10,13,16-18H2,1H3,(H,29,32). The molecule has 1 aliphatic carbocycles. The van der Waals surface area contributed by atoms with Crippen molar-refractivity contribution >= 4 is 28.5 Å². The number of para-hydroxylation sites is 2. The van der Waals surface area contributed by atoms with Crippen molar-refractivity contribution in [1.82, 2.24) is 14.9 Å². The number of halogens is 1. The maximum absolute atomic E-state index is 12.4. The molecule has 4 rings (SSSR count). The van der Waals surface area contributed by atoms with Crippen LogP contribution in [0.25, 0.3) is 11.0 Å². The molecule has 1 aliphatic rings. The second kappa shape index (κ2) is 11.6. The van der Waals surface area contributed by atoms with Crippen LogP contribution < -0.4 is 10.1 Å². The fourth-order valence-electron chi connectivity index (χ4n) is 4.65. The summed E-state index contributed by atoms with van der Waals surface area (Å²) in [5.41, 5.74) is 3.20. The number of nitrogens with one attached hydrogen (secondary N) is 1. The number of benzene rings is 2. The van der Waals surface area contributed by atoms with Crippen molar-refractivity contribution < 1.29 is 9.53 Å². The Morgan fingerprint density at radius 2 is 1.97 bits per heavy atom. The van der Waals surface area contributed by atoms with E-state index in [2.05, 4.69) is 28.1 Å². The van der Waals surface area contributed by atoms with Crippen molar-refractivity contribution in [3.05, 3.63) is 58.9 Å². The van der Waals surface area contributed by atoms with E-state index in [9.17, 15) is 4.79 Å². The number of amides is 1. The predicted octanol–water partition coefficient (Wildman–Crippen LogP) is 6.10. The molecule has 0 spiro atoms. The zero-order valence-electron chi connectivity index (χ0n) is 19.5. The summed E-state index contributed by atoms with van der Waals surface area (Å²) in [5.74, 6) is 2.37. The molecule has 0 saturated heterocycles. The molecule has 1 aromatic heterocycles. The normalized spacial score (nSPS) is 14.5. The first-order chi connectivity index (χ1) is 16.1. The van der Waals surface area contributed by atoms with Gasteiger partial charge in [-0.1, -0.05) is 43.0 Å². The zero-order valence-corrected chi connectivity index (χ0v) is 20.2. The maximum Gasteiger partial charge on any atom is 0.223 e. The lowest BCUT2D eigenvalue weighted by Crippen LogP contribution is -2.32. The first kappa shape index (κ1) is 23.6. The minimum absolute atomic E-state index is 0.216. The Kier molecular flexibility index (Phi) is 8.27. The van der Waals surface area contributed by atoms with E-state index in [1.54, 1.807) is 0 Å². The Morgan fingerprint density at radius 1 is 1.15 bits per heavy atom. The summed E-state index contributed by atoms with van der Waals surface area (Å²) >= 11 is 6.10. The number of nitrogens with zero attached hydrogens (tertiary/aromatic N) is 2. The van der Waals surface area contributed by atoms with Gasteiger partial charge >= 0.3 is 0 Å².